The first-order chi connectivity index (χ1) is 12.6. The quantitative estimate of drug-likeness (QED) is 0.391. The average Bonchev–Trinajstić information content (AvgIpc) is 3.04. The van der Waals surface area contributed by atoms with E-state index in [1.54, 1.807) is 0 Å². The highest BCUT2D eigenvalue weighted by atomic mass is 16.3. The van der Waals surface area contributed by atoms with Crippen molar-refractivity contribution in [3.05, 3.63) is 72.1 Å². The predicted octanol–water partition coefficient (Wildman–Crippen LogP) is 5.24. The molecule has 0 aliphatic carbocycles. The van der Waals surface area contributed by atoms with Crippen molar-refractivity contribution in [2.24, 2.45) is 7.05 Å². The highest BCUT2D eigenvalue weighted by Crippen LogP contribution is 2.37. The summed E-state index contributed by atoms with van der Waals surface area (Å²) in [6.45, 7) is 4.25. The van der Waals surface area contributed by atoms with Gasteiger partial charge in [-0.15, -0.1) is 0 Å². The van der Waals surface area contributed by atoms with Crippen molar-refractivity contribution in [2.45, 2.75) is 13.8 Å². The van der Waals surface area contributed by atoms with Crippen molar-refractivity contribution in [1.29, 1.82) is 0 Å². The summed E-state index contributed by atoms with van der Waals surface area (Å²) in [5.41, 5.74) is 6.38. The monoisotopic (exact) mass is 339 g/mol. The van der Waals surface area contributed by atoms with Crippen LogP contribution in [0.15, 0.2) is 65.3 Å². The zero-order valence-corrected chi connectivity index (χ0v) is 15.1. The molecule has 2 aromatic carbocycles. The van der Waals surface area contributed by atoms with Crippen LogP contribution in [-0.4, -0.2) is 4.98 Å². The number of furan rings is 1. The number of pyridine rings is 2. The van der Waals surface area contributed by atoms with Crippen LogP contribution in [0, 0.1) is 13.8 Å². The van der Waals surface area contributed by atoms with Gasteiger partial charge < -0.3 is 4.42 Å². The van der Waals surface area contributed by atoms with Crippen LogP contribution in [0.3, 0.4) is 0 Å². The Morgan fingerprint density at radius 3 is 2.69 bits per heavy atom. The van der Waals surface area contributed by atoms with Gasteiger partial charge in [0, 0.05) is 34.7 Å². The number of aryl methyl sites for hydroxylation is 3. The van der Waals surface area contributed by atoms with Crippen LogP contribution in [0.4, 0.5) is 0 Å². The van der Waals surface area contributed by atoms with E-state index in [2.05, 4.69) is 79.1 Å². The molecule has 26 heavy (non-hydrogen) atoms. The smallest absolute Gasteiger partial charge is 0.227 e. The summed E-state index contributed by atoms with van der Waals surface area (Å²) < 4.78 is 8.35. The van der Waals surface area contributed by atoms with E-state index in [0.29, 0.717) is 5.71 Å². The molecule has 0 amide bonds. The molecule has 3 heterocycles. The molecule has 5 rings (SSSR count). The van der Waals surface area contributed by atoms with Gasteiger partial charge in [-0.2, -0.15) is 0 Å². The van der Waals surface area contributed by atoms with Crippen LogP contribution in [0.1, 0.15) is 11.1 Å². The van der Waals surface area contributed by atoms with Crippen LogP contribution in [-0.2, 0) is 7.05 Å². The van der Waals surface area contributed by atoms with Gasteiger partial charge in [0.25, 0.3) is 0 Å². The first-order valence-corrected chi connectivity index (χ1v) is 8.80. The summed E-state index contributed by atoms with van der Waals surface area (Å²) in [6, 6.07) is 17.0. The number of aromatic nitrogens is 2. The Hall–Kier alpha value is -3.20. The lowest BCUT2D eigenvalue weighted by atomic mass is 9.99. The molecule has 126 valence electrons. The van der Waals surface area contributed by atoms with Crippen LogP contribution in [0.5, 0.6) is 0 Å². The highest BCUT2D eigenvalue weighted by Gasteiger charge is 2.19. The van der Waals surface area contributed by atoms with E-state index in [1.165, 1.54) is 22.2 Å². The molecular formula is C23H19N2O+. The lowest BCUT2D eigenvalue weighted by Gasteiger charge is -2.06. The highest BCUT2D eigenvalue weighted by molar-refractivity contribution is 6.18. The van der Waals surface area contributed by atoms with Gasteiger partial charge in [-0.05, 0) is 36.9 Å². The molecule has 3 heteroatoms. The minimum absolute atomic E-state index is 0.701. The molecule has 0 fully saturated rings. The van der Waals surface area contributed by atoms with E-state index in [4.69, 9.17) is 4.42 Å². The summed E-state index contributed by atoms with van der Waals surface area (Å²) in [5.74, 6) is 0. The molecule has 3 aromatic heterocycles. The van der Waals surface area contributed by atoms with Crippen LogP contribution >= 0.6 is 0 Å². The van der Waals surface area contributed by atoms with Crippen molar-refractivity contribution >= 4 is 32.8 Å². The van der Waals surface area contributed by atoms with Gasteiger partial charge in [0.1, 0.15) is 12.6 Å². The molecule has 0 saturated carbocycles. The maximum atomic E-state index is 6.20. The fourth-order valence-corrected chi connectivity index (χ4v) is 3.82. The summed E-state index contributed by atoms with van der Waals surface area (Å²) in [7, 11) is 2.08. The number of hydrogen-bond acceptors (Lipinski definition) is 2. The lowest BCUT2D eigenvalue weighted by molar-refractivity contribution is -0.660. The third-order valence-corrected chi connectivity index (χ3v) is 5.22. The first-order valence-electron chi connectivity index (χ1n) is 8.80. The molecule has 0 aliphatic rings. The number of fused-ring (bicyclic) bond motifs is 5. The normalized spacial score (nSPS) is 11.7. The zero-order valence-electron chi connectivity index (χ0n) is 15.1. The Morgan fingerprint density at radius 1 is 0.962 bits per heavy atom. The Bertz CT molecular complexity index is 1310. The molecular weight excluding hydrogens is 320 g/mol. The molecule has 5 aromatic rings. The van der Waals surface area contributed by atoms with Crippen LogP contribution in [0.2, 0.25) is 0 Å². The molecule has 0 unspecified atom stereocenters. The molecule has 0 N–H and O–H groups in total. The topological polar surface area (TPSA) is 29.9 Å². The van der Waals surface area contributed by atoms with Crippen molar-refractivity contribution in [2.75, 3.05) is 0 Å². The van der Waals surface area contributed by atoms with E-state index in [9.17, 15) is 0 Å². The Morgan fingerprint density at radius 2 is 1.81 bits per heavy atom. The fraction of sp³-hybridized carbons (Fsp3) is 0.130. The molecule has 0 radical (unpaired) electrons. The predicted molar refractivity (Wildman–Crippen MR) is 105 cm³/mol. The number of nitrogens with zero attached hydrogens (tertiary/aromatic N) is 2. The van der Waals surface area contributed by atoms with E-state index in [1.807, 2.05) is 12.3 Å². The van der Waals surface area contributed by atoms with Gasteiger partial charge in [-0.25, -0.2) is 9.55 Å². The third-order valence-electron chi connectivity index (χ3n) is 5.22. The van der Waals surface area contributed by atoms with E-state index in [0.717, 1.165) is 27.3 Å². The van der Waals surface area contributed by atoms with E-state index >= 15 is 0 Å². The van der Waals surface area contributed by atoms with Crippen molar-refractivity contribution < 1.29 is 8.98 Å². The second kappa shape index (κ2) is 5.40. The SMILES string of the molecule is Cc1cc[n+](C)c(-c2ccc3c(oc4ncc5ccccc5c43)c2C)c1. The second-order valence-corrected chi connectivity index (χ2v) is 6.94. The van der Waals surface area contributed by atoms with Gasteiger partial charge in [0.2, 0.25) is 11.4 Å². The summed E-state index contributed by atoms with van der Waals surface area (Å²) >= 11 is 0. The summed E-state index contributed by atoms with van der Waals surface area (Å²) in [6.07, 6.45) is 3.98. The standard InChI is InChI=1S/C23H19N2O/c1-14-10-11-25(3)20(12-14)17-8-9-19-21-18-7-5-4-6-16(18)13-24-23(21)26-22(19)15(17)2/h4-13H,1-3H3/q+1. The minimum atomic E-state index is 0.701. The van der Waals surface area contributed by atoms with Crippen molar-refractivity contribution in [3.63, 3.8) is 0 Å². The second-order valence-electron chi connectivity index (χ2n) is 6.94. The Kier molecular flexibility index (Phi) is 3.13. The fourth-order valence-electron chi connectivity index (χ4n) is 3.82. The van der Waals surface area contributed by atoms with Gasteiger partial charge in [0.05, 0.1) is 10.9 Å². The van der Waals surface area contributed by atoms with Crippen LogP contribution < -0.4 is 4.57 Å². The molecule has 0 bridgehead atoms. The maximum Gasteiger partial charge on any atom is 0.227 e. The zero-order chi connectivity index (χ0) is 17.8. The summed E-state index contributed by atoms with van der Waals surface area (Å²) in [4.78, 5) is 4.55. The molecule has 3 nitrogen and oxygen atoms in total. The van der Waals surface area contributed by atoms with Crippen molar-refractivity contribution in [3.8, 4) is 11.3 Å². The first kappa shape index (κ1) is 15.1. The van der Waals surface area contributed by atoms with Gasteiger partial charge in [-0.1, -0.05) is 24.3 Å². The van der Waals surface area contributed by atoms with E-state index in [-0.39, 0.29) is 0 Å². The van der Waals surface area contributed by atoms with Crippen molar-refractivity contribution in [1.82, 2.24) is 4.98 Å². The number of rotatable bonds is 1. The molecule has 0 atom stereocenters. The van der Waals surface area contributed by atoms with Gasteiger partial charge in [0.15, 0.2) is 6.20 Å². The summed E-state index contributed by atoms with van der Waals surface area (Å²) in [5, 5.41) is 4.54. The van der Waals surface area contributed by atoms with Crippen LogP contribution in [0.25, 0.3) is 44.1 Å². The Labute approximate surface area is 151 Å². The van der Waals surface area contributed by atoms with E-state index < -0.39 is 0 Å². The molecule has 0 saturated heterocycles. The maximum absolute atomic E-state index is 6.20. The van der Waals surface area contributed by atoms with Gasteiger partial charge in [-0.3, -0.25) is 0 Å². The number of benzene rings is 2. The number of hydrogen-bond donors (Lipinski definition) is 0. The largest absolute Gasteiger partial charge is 0.437 e. The Balaban J connectivity index is 1.88. The lowest BCUT2D eigenvalue weighted by Crippen LogP contribution is -2.30. The minimum Gasteiger partial charge on any atom is -0.437 e. The third kappa shape index (κ3) is 2.07. The molecule has 0 aliphatic heterocycles. The van der Waals surface area contributed by atoms with Gasteiger partial charge >= 0.3 is 0 Å². The molecule has 0 spiro atoms. The average molecular weight is 339 g/mol.